The zero-order valence-corrected chi connectivity index (χ0v) is 10.3. The van der Waals surface area contributed by atoms with Gasteiger partial charge in [0, 0.05) is 6.20 Å². The average molecular weight is 298 g/mol. The fourth-order valence-corrected chi connectivity index (χ4v) is 1.62. The number of carbonyl (C=O) groups is 1. The minimum Gasteiger partial charge on any atom is -0.466 e. The number of hydrogen-bond donors (Lipinski definition) is 1. The van der Waals surface area contributed by atoms with Gasteiger partial charge < -0.3 is 10.5 Å². The Labute approximate surface area is 110 Å². The van der Waals surface area contributed by atoms with E-state index in [0.717, 1.165) is 0 Å². The van der Waals surface area contributed by atoms with Gasteiger partial charge in [-0.3, -0.25) is 4.79 Å². The SMILES string of the molecule is CCOC(=O)Cc1c(C(F)(F)F)cnc(N)c1C(F)F. The van der Waals surface area contributed by atoms with Gasteiger partial charge in [0.2, 0.25) is 0 Å². The summed E-state index contributed by atoms with van der Waals surface area (Å²) in [4.78, 5) is 14.4. The summed E-state index contributed by atoms with van der Waals surface area (Å²) < 4.78 is 68.5. The summed E-state index contributed by atoms with van der Waals surface area (Å²) in [7, 11) is 0. The van der Waals surface area contributed by atoms with Crippen LogP contribution in [0.4, 0.5) is 27.8 Å². The third-order valence-corrected chi connectivity index (χ3v) is 2.41. The first-order valence-electron chi connectivity index (χ1n) is 5.46. The van der Waals surface area contributed by atoms with Gasteiger partial charge in [-0.2, -0.15) is 13.2 Å². The van der Waals surface area contributed by atoms with Crippen molar-refractivity contribution in [3.05, 3.63) is 22.9 Å². The Balaban J connectivity index is 3.40. The third-order valence-electron chi connectivity index (χ3n) is 2.41. The summed E-state index contributed by atoms with van der Waals surface area (Å²) in [5.74, 6) is -1.79. The molecule has 9 heteroatoms. The van der Waals surface area contributed by atoms with Gasteiger partial charge in [0.05, 0.1) is 24.2 Å². The van der Waals surface area contributed by atoms with E-state index in [1.807, 2.05) is 0 Å². The van der Waals surface area contributed by atoms with Gasteiger partial charge in [0.1, 0.15) is 5.82 Å². The van der Waals surface area contributed by atoms with Crippen LogP contribution in [0.5, 0.6) is 0 Å². The van der Waals surface area contributed by atoms with Crippen molar-refractivity contribution in [2.24, 2.45) is 0 Å². The van der Waals surface area contributed by atoms with Gasteiger partial charge >= 0.3 is 12.1 Å². The molecular formula is C11H11F5N2O2. The van der Waals surface area contributed by atoms with Gasteiger partial charge in [-0.1, -0.05) is 0 Å². The maximum atomic E-state index is 12.9. The van der Waals surface area contributed by atoms with Crippen molar-refractivity contribution in [3.63, 3.8) is 0 Å². The number of aromatic nitrogens is 1. The summed E-state index contributed by atoms with van der Waals surface area (Å²) in [5.41, 5.74) is 1.76. The van der Waals surface area contributed by atoms with Crippen LogP contribution in [0.1, 0.15) is 30.0 Å². The molecule has 4 nitrogen and oxygen atoms in total. The summed E-state index contributed by atoms with van der Waals surface area (Å²) in [5, 5.41) is 0. The van der Waals surface area contributed by atoms with E-state index in [1.165, 1.54) is 6.92 Å². The first-order chi connectivity index (χ1) is 9.18. The molecule has 0 bridgehead atoms. The molecule has 2 N–H and O–H groups in total. The molecule has 0 saturated carbocycles. The number of nitrogen functional groups attached to an aromatic ring is 1. The van der Waals surface area contributed by atoms with Crippen LogP contribution in [0.15, 0.2) is 6.20 Å². The fourth-order valence-electron chi connectivity index (χ4n) is 1.62. The number of hydrogen-bond acceptors (Lipinski definition) is 4. The fraction of sp³-hybridized carbons (Fsp3) is 0.455. The lowest BCUT2D eigenvalue weighted by Gasteiger charge is -2.17. The van der Waals surface area contributed by atoms with E-state index in [4.69, 9.17) is 5.73 Å². The van der Waals surface area contributed by atoms with Gasteiger partial charge in [-0.25, -0.2) is 13.8 Å². The molecule has 1 aromatic rings. The minimum atomic E-state index is -4.92. The Bertz CT molecular complexity index is 502. The van der Waals surface area contributed by atoms with Crippen molar-refractivity contribution >= 4 is 11.8 Å². The lowest BCUT2D eigenvalue weighted by atomic mass is 10.00. The number of nitrogens with zero attached hydrogens (tertiary/aromatic N) is 1. The van der Waals surface area contributed by atoms with Crippen molar-refractivity contribution in [1.29, 1.82) is 0 Å². The monoisotopic (exact) mass is 298 g/mol. The predicted octanol–water partition coefficient (Wildman–Crippen LogP) is 2.73. The first-order valence-corrected chi connectivity index (χ1v) is 5.46. The number of ether oxygens (including phenoxy) is 1. The molecule has 1 rings (SSSR count). The minimum absolute atomic E-state index is 0.0786. The number of alkyl halides is 5. The highest BCUT2D eigenvalue weighted by Gasteiger charge is 2.37. The Morgan fingerprint density at radius 2 is 2.05 bits per heavy atom. The molecule has 1 aromatic heterocycles. The van der Waals surface area contributed by atoms with Gasteiger partial charge in [-0.15, -0.1) is 0 Å². The smallest absolute Gasteiger partial charge is 0.418 e. The van der Waals surface area contributed by atoms with Crippen molar-refractivity contribution < 1.29 is 31.5 Å². The van der Waals surface area contributed by atoms with Crippen molar-refractivity contribution in [2.45, 2.75) is 25.9 Å². The highest BCUT2D eigenvalue weighted by molar-refractivity contribution is 5.74. The summed E-state index contributed by atoms with van der Waals surface area (Å²) in [6, 6.07) is 0. The van der Waals surface area contributed by atoms with E-state index in [9.17, 15) is 26.7 Å². The van der Waals surface area contributed by atoms with Gasteiger partial charge in [0.25, 0.3) is 6.43 Å². The number of pyridine rings is 1. The Hall–Kier alpha value is -1.93. The molecule has 0 aliphatic rings. The predicted molar refractivity (Wildman–Crippen MR) is 58.9 cm³/mol. The van der Waals surface area contributed by atoms with Crippen molar-refractivity contribution in [3.8, 4) is 0 Å². The van der Waals surface area contributed by atoms with E-state index in [2.05, 4.69) is 9.72 Å². The summed E-state index contributed by atoms with van der Waals surface area (Å²) >= 11 is 0. The maximum Gasteiger partial charge on any atom is 0.418 e. The van der Waals surface area contributed by atoms with E-state index < -0.39 is 47.5 Å². The lowest BCUT2D eigenvalue weighted by molar-refractivity contribution is -0.143. The second-order valence-electron chi connectivity index (χ2n) is 3.73. The molecule has 0 spiro atoms. The Morgan fingerprint density at radius 3 is 2.50 bits per heavy atom. The lowest BCUT2D eigenvalue weighted by Crippen LogP contribution is -2.18. The van der Waals surface area contributed by atoms with Gasteiger partial charge in [-0.05, 0) is 12.5 Å². The topological polar surface area (TPSA) is 65.2 Å². The number of esters is 1. The number of rotatable bonds is 4. The molecule has 0 aliphatic heterocycles. The summed E-state index contributed by atoms with van der Waals surface area (Å²) in [6.07, 6.45) is -8.83. The molecule has 0 atom stereocenters. The largest absolute Gasteiger partial charge is 0.466 e. The maximum absolute atomic E-state index is 12.9. The number of anilines is 1. The van der Waals surface area contributed by atoms with Crippen LogP contribution < -0.4 is 5.73 Å². The quantitative estimate of drug-likeness (QED) is 0.685. The van der Waals surface area contributed by atoms with Crippen molar-refractivity contribution in [1.82, 2.24) is 4.98 Å². The first kappa shape index (κ1) is 16.1. The highest BCUT2D eigenvalue weighted by atomic mass is 19.4. The molecule has 20 heavy (non-hydrogen) atoms. The number of carbonyl (C=O) groups excluding carboxylic acids is 1. The Morgan fingerprint density at radius 1 is 1.45 bits per heavy atom. The van der Waals surface area contributed by atoms with E-state index in [1.54, 1.807) is 0 Å². The third kappa shape index (κ3) is 3.55. The normalized spacial score (nSPS) is 11.8. The van der Waals surface area contributed by atoms with Crippen LogP contribution in [0, 0.1) is 0 Å². The van der Waals surface area contributed by atoms with Gasteiger partial charge in [0.15, 0.2) is 0 Å². The molecule has 0 aromatic carbocycles. The average Bonchev–Trinajstić information content (AvgIpc) is 2.26. The second-order valence-corrected chi connectivity index (χ2v) is 3.73. The summed E-state index contributed by atoms with van der Waals surface area (Å²) in [6.45, 7) is 1.36. The zero-order chi connectivity index (χ0) is 15.5. The molecular weight excluding hydrogens is 287 g/mol. The molecule has 112 valence electrons. The van der Waals surface area contributed by atoms with E-state index in [0.29, 0.717) is 6.20 Å². The molecule has 0 amide bonds. The molecule has 0 saturated heterocycles. The zero-order valence-electron chi connectivity index (χ0n) is 10.3. The van der Waals surface area contributed by atoms with Crippen LogP contribution in [-0.2, 0) is 22.1 Å². The molecule has 0 unspecified atom stereocenters. The number of nitrogens with two attached hydrogens (primary N) is 1. The van der Waals surface area contributed by atoms with Crippen LogP contribution in [0.2, 0.25) is 0 Å². The van der Waals surface area contributed by atoms with E-state index in [-0.39, 0.29) is 6.61 Å². The molecule has 0 fully saturated rings. The van der Waals surface area contributed by atoms with Crippen LogP contribution in [0.3, 0.4) is 0 Å². The Kier molecular flexibility index (Phi) is 4.85. The molecule has 1 heterocycles. The number of halogens is 5. The highest BCUT2D eigenvalue weighted by Crippen LogP contribution is 2.38. The van der Waals surface area contributed by atoms with Crippen LogP contribution in [0.25, 0.3) is 0 Å². The van der Waals surface area contributed by atoms with Crippen LogP contribution >= 0.6 is 0 Å². The van der Waals surface area contributed by atoms with Crippen molar-refractivity contribution in [2.75, 3.05) is 12.3 Å². The molecule has 0 radical (unpaired) electrons. The van der Waals surface area contributed by atoms with Crippen LogP contribution in [-0.4, -0.2) is 17.6 Å². The second kappa shape index (κ2) is 6.02. The molecule has 0 aliphatic carbocycles. The standard InChI is InChI=1S/C11H11F5N2O2/c1-2-20-7(19)3-5-6(11(14,15)16)4-18-10(17)8(5)9(12)13/h4,9H,2-3H2,1H3,(H2,17,18). The van der Waals surface area contributed by atoms with E-state index >= 15 is 0 Å².